The highest BCUT2D eigenvalue weighted by Gasteiger charge is 2.16. The van der Waals surface area contributed by atoms with Crippen molar-refractivity contribution in [1.29, 1.82) is 0 Å². The minimum atomic E-state index is -0.228. The Morgan fingerprint density at radius 1 is 1.29 bits per heavy atom. The number of amides is 2. The summed E-state index contributed by atoms with van der Waals surface area (Å²) in [5.74, 6) is -0.349. The number of aromatic nitrogens is 1. The van der Waals surface area contributed by atoms with Crippen LogP contribution in [0.5, 0.6) is 0 Å². The Balaban J connectivity index is 2.73. The van der Waals surface area contributed by atoms with Crippen molar-refractivity contribution in [2.24, 2.45) is 0 Å². The second-order valence-electron chi connectivity index (χ2n) is 3.84. The van der Waals surface area contributed by atoms with Crippen molar-refractivity contribution in [3.63, 3.8) is 0 Å². The van der Waals surface area contributed by atoms with Gasteiger partial charge in [-0.3, -0.25) is 14.6 Å². The lowest BCUT2D eigenvalue weighted by molar-refractivity contribution is -0.129. The van der Waals surface area contributed by atoms with Gasteiger partial charge in [0.2, 0.25) is 5.91 Å². The first kappa shape index (κ1) is 13.6. The molecular formula is C11H14BrN3O2. The number of hydrogen-bond donors (Lipinski definition) is 0. The second-order valence-corrected chi connectivity index (χ2v) is 4.76. The summed E-state index contributed by atoms with van der Waals surface area (Å²) in [6, 6.07) is 1.67. The van der Waals surface area contributed by atoms with Crippen molar-refractivity contribution in [3.05, 3.63) is 28.5 Å². The van der Waals surface area contributed by atoms with Gasteiger partial charge in [0.25, 0.3) is 5.91 Å². The Hall–Kier alpha value is -1.43. The molecule has 0 aliphatic heterocycles. The summed E-state index contributed by atoms with van der Waals surface area (Å²) in [7, 11) is 4.90. The topological polar surface area (TPSA) is 53.5 Å². The molecule has 0 aliphatic rings. The average Bonchev–Trinajstić information content (AvgIpc) is 2.27. The third-order valence-electron chi connectivity index (χ3n) is 2.17. The number of likely N-dealkylation sites (N-methyl/N-ethyl adjacent to an activating group) is 2. The maximum absolute atomic E-state index is 11.9. The Bertz CT molecular complexity index is 434. The number of hydrogen-bond acceptors (Lipinski definition) is 3. The first-order chi connectivity index (χ1) is 7.91. The van der Waals surface area contributed by atoms with Crippen LogP contribution in [-0.2, 0) is 4.79 Å². The van der Waals surface area contributed by atoms with Crippen LogP contribution >= 0.6 is 15.9 Å². The quantitative estimate of drug-likeness (QED) is 0.837. The summed E-state index contributed by atoms with van der Waals surface area (Å²) in [4.78, 5) is 30.1. The number of carbonyl (C=O) groups is 2. The molecule has 92 valence electrons. The monoisotopic (exact) mass is 299 g/mol. The summed E-state index contributed by atoms with van der Waals surface area (Å²) >= 11 is 3.25. The summed E-state index contributed by atoms with van der Waals surface area (Å²) in [6.45, 7) is 0.0539. The zero-order valence-electron chi connectivity index (χ0n) is 9.98. The molecule has 0 saturated heterocycles. The highest BCUT2D eigenvalue weighted by atomic mass is 79.9. The molecule has 0 radical (unpaired) electrons. The van der Waals surface area contributed by atoms with Gasteiger partial charge in [0.05, 0.1) is 12.1 Å². The largest absolute Gasteiger partial charge is 0.347 e. The first-order valence-corrected chi connectivity index (χ1v) is 5.77. The van der Waals surface area contributed by atoms with Gasteiger partial charge in [0.1, 0.15) is 0 Å². The Kier molecular flexibility index (Phi) is 4.62. The Morgan fingerprint density at radius 2 is 1.94 bits per heavy atom. The molecule has 0 unspecified atom stereocenters. The molecule has 6 heteroatoms. The summed E-state index contributed by atoms with van der Waals surface area (Å²) in [5.41, 5.74) is 0.452. The van der Waals surface area contributed by atoms with E-state index in [4.69, 9.17) is 0 Å². The van der Waals surface area contributed by atoms with Gasteiger partial charge in [-0.25, -0.2) is 0 Å². The van der Waals surface area contributed by atoms with Gasteiger partial charge in [-0.15, -0.1) is 0 Å². The summed E-state index contributed by atoms with van der Waals surface area (Å²) in [6.07, 6.45) is 3.07. The minimum absolute atomic E-state index is 0.0539. The summed E-state index contributed by atoms with van der Waals surface area (Å²) in [5, 5.41) is 0. The predicted octanol–water partition coefficient (Wildman–Crippen LogP) is 1.00. The van der Waals surface area contributed by atoms with Crippen LogP contribution < -0.4 is 0 Å². The molecule has 1 rings (SSSR count). The smallest absolute Gasteiger partial charge is 0.255 e. The van der Waals surface area contributed by atoms with E-state index in [1.807, 2.05) is 0 Å². The fourth-order valence-corrected chi connectivity index (χ4v) is 1.53. The van der Waals surface area contributed by atoms with Crippen molar-refractivity contribution in [2.45, 2.75) is 0 Å². The number of nitrogens with zero attached hydrogens (tertiary/aromatic N) is 3. The molecule has 1 heterocycles. The van der Waals surface area contributed by atoms with Gasteiger partial charge in [-0.2, -0.15) is 0 Å². The van der Waals surface area contributed by atoms with E-state index in [-0.39, 0.29) is 18.4 Å². The van der Waals surface area contributed by atoms with E-state index in [2.05, 4.69) is 20.9 Å². The van der Waals surface area contributed by atoms with Gasteiger partial charge < -0.3 is 9.80 Å². The van der Waals surface area contributed by atoms with Crippen LogP contribution in [0.2, 0.25) is 0 Å². The molecule has 0 spiro atoms. The molecular weight excluding hydrogens is 286 g/mol. The molecule has 0 fully saturated rings. The molecule has 5 nitrogen and oxygen atoms in total. The molecule has 0 aliphatic carbocycles. The van der Waals surface area contributed by atoms with E-state index in [9.17, 15) is 9.59 Å². The van der Waals surface area contributed by atoms with Crippen molar-refractivity contribution < 1.29 is 9.59 Å². The molecule has 0 bridgehead atoms. The lowest BCUT2D eigenvalue weighted by atomic mass is 10.2. The molecule has 0 N–H and O–H groups in total. The average molecular weight is 300 g/mol. The van der Waals surface area contributed by atoms with E-state index in [1.54, 1.807) is 33.4 Å². The number of rotatable bonds is 3. The van der Waals surface area contributed by atoms with Crippen LogP contribution in [0.25, 0.3) is 0 Å². The Labute approximate surface area is 109 Å². The lowest BCUT2D eigenvalue weighted by Crippen LogP contribution is -2.37. The minimum Gasteiger partial charge on any atom is -0.347 e. The van der Waals surface area contributed by atoms with Crippen LogP contribution in [0.3, 0.4) is 0 Å². The van der Waals surface area contributed by atoms with E-state index in [0.717, 1.165) is 4.47 Å². The van der Waals surface area contributed by atoms with Crippen LogP contribution in [0.15, 0.2) is 22.9 Å². The standard InChI is InChI=1S/C11H14BrN3O2/c1-14(2)10(16)7-15(3)11(17)8-4-9(12)6-13-5-8/h4-6H,7H2,1-3H3. The number of halogens is 1. The van der Waals surface area contributed by atoms with E-state index in [1.165, 1.54) is 16.0 Å². The number of pyridine rings is 1. The van der Waals surface area contributed by atoms with E-state index >= 15 is 0 Å². The fraction of sp³-hybridized carbons (Fsp3) is 0.364. The normalized spacial score (nSPS) is 9.88. The van der Waals surface area contributed by atoms with Crippen LogP contribution in [0.4, 0.5) is 0 Å². The first-order valence-electron chi connectivity index (χ1n) is 4.98. The van der Waals surface area contributed by atoms with Crippen LogP contribution in [-0.4, -0.2) is 54.3 Å². The molecule has 1 aromatic rings. The lowest BCUT2D eigenvalue weighted by Gasteiger charge is -2.19. The van der Waals surface area contributed by atoms with Gasteiger partial charge >= 0.3 is 0 Å². The zero-order chi connectivity index (χ0) is 13.0. The predicted molar refractivity (Wildman–Crippen MR) is 67.6 cm³/mol. The van der Waals surface area contributed by atoms with Crippen molar-refractivity contribution in [3.8, 4) is 0 Å². The second kappa shape index (κ2) is 5.77. The summed E-state index contributed by atoms with van der Waals surface area (Å²) < 4.78 is 0.732. The molecule has 0 saturated carbocycles. The van der Waals surface area contributed by atoms with Crippen molar-refractivity contribution in [2.75, 3.05) is 27.7 Å². The molecule has 0 atom stereocenters. The maximum Gasteiger partial charge on any atom is 0.255 e. The third-order valence-corrected chi connectivity index (χ3v) is 2.60. The van der Waals surface area contributed by atoms with Gasteiger partial charge in [-0.05, 0) is 22.0 Å². The zero-order valence-corrected chi connectivity index (χ0v) is 11.6. The highest BCUT2D eigenvalue weighted by Crippen LogP contribution is 2.11. The fourth-order valence-electron chi connectivity index (χ4n) is 1.17. The van der Waals surface area contributed by atoms with Crippen LogP contribution in [0.1, 0.15) is 10.4 Å². The molecule has 2 amide bonds. The van der Waals surface area contributed by atoms with Crippen LogP contribution in [0, 0.1) is 0 Å². The SMILES string of the molecule is CN(C)C(=O)CN(C)C(=O)c1cncc(Br)c1. The molecule has 1 aromatic heterocycles. The molecule has 0 aromatic carbocycles. The van der Waals surface area contributed by atoms with E-state index in [0.29, 0.717) is 5.56 Å². The van der Waals surface area contributed by atoms with Gasteiger partial charge in [-0.1, -0.05) is 0 Å². The highest BCUT2D eigenvalue weighted by molar-refractivity contribution is 9.10. The Morgan fingerprint density at radius 3 is 2.47 bits per heavy atom. The van der Waals surface area contributed by atoms with Gasteiger partial charge in [0.15, 0.2) is 0 Å². The number of carbonyl (C=O) groups excluding carboxylic acids is 2. The maximum atomic E-state index is 11.9. The third kappa shape index (κ3) is 3.81. The molecule has 17 heavy (non-hydrogen) atoms. The van der Waals surface area contributed by atoms with Crippen molar-refractivity contribution >= 4 is 27.7 Å². The van der Waals surface area contributed by atoms with E-state index < -0.39 is 0 Å². The van der Waals surface area contributed by atoms with Gasteiger partial charge in [0, 0.05) is 38.0 Å². The van der Waals surface area contributed by atoms with Crippen molar-refractivity contribution in [1.82, 2.24) is 14.8 Å².